The van der Waals surface area contributed by atoms with Gasteiger partial charge < -0.3 is 29.7 Å². The lowest BCUT2D eigenvalue weighted by atomic mass is 9.94. The predicted octanol–water partition coefficient (Wildman–Crippen LogP) is 5.82. The zero-order valence-electron chi connectivity index (χ0n) is 26.4. The van der Waals surface area contributed by atoms with Gasteiger partial charge in [0.2, 0.25) is 5.43 Å². The highest BCUT2D eigenvalue weighted by molar-refractivity contribution is 6.02. The van der Waals surface area contributed by atoms with E-state index < -0.39 is 17.2 Å². The lowest BCUT2D eigenvalue weighted by molar-refractivity contribution is 0.0935. The third-order valence-electron chi connectivity index (χ3n) is 10.0. The highest BCUT2D eigenvalue weighted by Gasteiger charge is 2.38. The molecule has 0 spiro atoms. The van der Waals surface area contributed by atoms with Crippen LogP contribution in [0.15, 0.2) is 53.5 Å². The van der Waals surface area contributed by atoms with Gasteiger partial charge in [0, 0.05) is 31.4 Å². The summed E-state index contributed by atoms with van der Waals surface area (Å²) in [5, 5.41) is 8.76. The molecule has 2 N–H and O–H groups in total. The molecule has 0 saturated carbocycles. The summed E-state index contributed by atoms with van der Waals surface area (Å²) in [4.78, 5) is 32.0. The minimum atomic E-state index is -0.508. The topological polar surface area (TPSA) is 78.8 Å². The Balaban J connectivity index is 1.32. The number of halogens is 1. The molecule has 4 heterocycles. The first-order valence-electron chi connectivity index (χ1n) is 16.5. The number of piperidine rings is 1. The van der Waals surface area contributed by atoms with Crippen LogP contribution in [0.3, 0.4) is 0 Å². The van der Waals surface area contributed by atoms with Crippen molar-refractivity contribution in [3.63, 3.8) is 0 Å². The van der Waals surface area contributed by atoms with E-state index in [1.165, 1.54) is 6.07 Å². The van der Waals surface area contributed by atoms with E-state index in [-0.39, 0.29) is 17.0 Å². The van der Waals surface area contributed by atoms with E-state index in [4.69, 9.17) is 4.74 Å². The van der Waals surface area contributed by atoms with Crippen molar-refractivity contribution < 1.29 is 13.9 Å². The zero-order valence-corrected chi connectivity index (χ0v) is 26.4. The molecule has 3 aliphatic heterocycles. The SMILES string of the molecule is CCN(CC)CCCC(C)NC(=O)c1cn2c3c(c(N4CC5CCCNC5C4)c(F)cc3c1=O)Oc1cc3ccccc3cc1-2. The molecule has 9 heteroatoms. The fourth-order valence-corrected chi connectivity index (χ4v) is 7.51. The normalized spacial score (nSPS) is 19.4. The Morgan fingerprint density at radius 1 is 1.16 bits per heavy atom. The van der Waals surface area contributed by atoms with Gasteiger partial charge in [-0.15, -0.1) is 0 Å². The molecule has 3 aliphatic rings. The molecule has 2 fully saturated rings. The molecule has 4 aromatic rings. The number of rotatable bonds is 9. The van der Waals surface area contributed by atoms with Gasteiger partial charge in [0.25, 0.3) is 5.91 Å². The molecule has 1 amide bonds. The largest absolute Gasteiger partial charge is 0.451 e. The van der Waals surface area contributed by atoms with Gasteiger partial charge in [-0.05, 0) is 93.7 Å². The van der Waals surface area contributed by atoms with Crippen molar-refractivity contribution in [3.05, 3.63) is 70.3 Å². The monoisotopic (exact) mass is 611 g/mol. The lowest BCUT2D eigenvalue weighted by Gasteiger charge is -2.29. The highest BCUT2D eigenvalue weighted by Crippen LogP contribution is 2.48. The van der Waals surface area contributed by atoms with Crippen LogP contribution in [0.5, 0.6) is 11.5 Å². The molecule has 45 heavy (non-hydrogen) atoms. The van der Waals surface area contributed by atoms with Crippen LogP contribution in [-0.2, 0) is 0 Å². The van der Waals surface area contributed by atoms with Gasteiger partial charge in [0.15, 0.2) is 17.3 Å². The lowest BCUT2D eigenvalue weighted by Crippen LogP contribution is -2.40. The Hall–Kier alpha value is -3.95. The van der Waals surface area contributed by atoms with Gasteiger partial charge in [0.1, 0.15) is 16.8 Å². The molecule has 7 rings (SSSR count). The second kappa shape index (κ2) is 12.1. The van der Waals surface area contributed by atoms with E-state index in [2.05, 4.69) is 34.3 Å². The number of amides is 1. The molecule has 1 aromatic heterocycles. The Bertz CT molecular complexity index is 1820. The standard InChI is InChI=1S/C36H42FN5O3/c1-4-40(5-2)15-9-10-22(3)39-36(44)27-20-42-30-16-23-11-6-7-12-24(23)17-31(30)45-35-32(42)26(34(27)43)18-28(37)33(35)41-19-25-13-8-14-38-29(25)21-41/h6-7,11-12,16-18,20,22,25,29,38H,4-5,8-10,13-15,19,21H2,1-3H3,(H,39,44). The first-order chi connectivity index (χ1) is 21.9. The maximum atomic E-state index is 16.3. The van der Waals surface area contributed by atoms with E-state index in [9.17, 15) is 9.59 Å². The van der Waals surface area contributed by atoms with Crippen molar-refractivity contribution in [1.29, 1.82) is 0 Å². The van der Waals surface area contributed by atoms with Crippen LogP contribution < -0.4 is 25.7 Å². The van der Waals surface area contributed by atoms with Gasteiger partial charge in [-0.25, -0.2) is 4.39 Å². The summed E-state index contributed by atoms with van der Waals surface area (Å²) in [6, 6.07) is 13.4. The average molecular weight is 612 g/mol. The van der Waals surface area contributed by atoms with E-state index >= 15 is 4.39 Å². The van der Waals surface area contributed by atoms with Gasteiger partial charge in [0.05, 0.1) is 11.1 Å². The van der Waals surface area contributed by atoms with Crippen LogP contribution in [-0.4, -0.2) is 66.7 Å². The zero-order chi connectivity index (χ0) is 31.2. The molecular weight excluding hydrogens is 569 g/mol. The van der Waals surface area contributed by atoms with Gasteiger partial charge >= 0.3 is 0 Å². The van der Waals surface area contributed by atoms with Crippen LogP contribution in [0, 0.1) is 11.7 Å². The van der Waals surface area contributed by atoms with Crippen molar-refractivity contribution >= 4 is 33.3 Å². The molecule has 2 saturated heterocycles. The van der Waals surface area contributed by atoms with Crippen LogP contribution in [0.2, 0.25) is 0 Å². The van der Waals surface area contributed by atoms with Gasteiger partial charge in [-0.3, -0.25) is 9.59 Å². The average Bonchev–Trinajstić information content (AvgIpc) is 3.47. The number of anilines is 1. The number of nitrogens with zero attached hydrogens (tertiary/aromatic N) is 3. The quantitative estimate of drug-likeness (QED) is 0.219. The van der Waals surface area contributed by atoms with Crippen LogP contribution in [0.1, 0.15) is 56.8 Å². The molecule has 0 radical (unpaired) electrons. The number of carbonyl (C=O) groups is 1. The summed E-state index contributed by atoms with van der Waals surface area (Å²) in [6.45, 7) is 11.6. The van der Waals surface area contributed by atoms with Crippen molar-refractivity contribution in [2.75, 3.05) is 44.2 Å². The predicted molar refractivity (Wildman–Crippen MR) is 178 cm³/mol. The van der Waals surface area contributed by atoms with Crippen molar-refractivity contribution in [2.45, 2.75) is 58.5 Å². The summed E-state index contributed by atoms with van der Waals surface area (Å²) in [7, 11) is 0. The maximum Gasteiger partial charge on any atom is 0.256 e. The minimum absolute atomic E-state index is 0.00593. The first kappa shape index (κ1) is 29.7. The third kappa shape index (κ3) is 5.36. The Labute approximate surface area is 263 Å². The van der Waals surface area contributed by atoms with Crippen LogP contribution in [0.4, 0.5) is 10.1 Å². The van der Waals surface area contributed by atoms with Gasteiger partial charge in [-0.1, -0.05) is 38.1 Å². The Morgan fingerprint density at radius 2 is 1.93 bits per heavy atom. The van der Waals surface area contributed by atoms with Crippen LogP contribution in [0.25, 0.3) is 27.4 Å². The molecule has 8 nitrogen and oxygen atoms in total. The fraction of sp³-hybridized carbons (Fsp3) is 0.444. The number of nitrogens with one attached hydrogen (secondary N) is 2. The number of benzene rings is 3. The second-order valence-corrected chi connectivity index (χ2v) is 12.9. The van der Waals surface area contributed by atoms with Crippen molar-refractivity contribution in [2.24, 2.45) is 5.92 Å². The Kier molecular flexibility index (Phi) is 8.00. The summed E-state index contributed by atoms with van der Waals surface area (Å²) >= 11 is 0. The minimum Gasteiger partial charge on any atom is -0.451 e. The first-order valence-corrected chi connectivity index (χ1v) is 16.5. The van der Waals surface area contributed by atoms with E-state index in [0.29, 0.717) is 46.9 Å². The summed E-state index contributed by atoms with van der Waals surface area (Å²) < 4.78 is 24.7. The Morgan fingerprint density at radius 3 is 2.69 bits per heavy atom. The third-order valence-corrected chi connectivity index (χ3v) is 10.0. The van der Waals surface area contributed by atoms with E-state index in [0.717, 1.165) is 69.2 Å². The smallest absolute Gasteiger partial charge is 0.256 e. The second-order valence-electron chi connectivity index (χ2n) is 12.9. The number of ether oxygens (including phenoxy) is 1. The number of pyridine rings is 1. The summed E-state index contributed by atoms with van der Waals surface area (Å²) in [5.74, 6) is 0.370. The molecule has 0 bridgehead atoms. The molecular formula is C36H42FN5O3. The fourth-order valence-electron chi connectivity index (χ4n) is 7.51. The number of fused-ring (bicyclic) bond motifs is 4. The maximum absolute atomic E-state index is 16.3. The van der Waals surface area contributed by atoms with E-state index in [1.54, 1.807) is 6.20 Å². The highest BCUT2D eigenvalue weighted by atomic mass is 19.1. The molecule has 3 unspecified atom stereocenters. The van der Waals surface area contributed by atoms with Crippen molar-refractivity contribution in [3.8, 4) is 17.2 Å². The summed E-state index contributed by atoms with van der Waals surface area (Å²) in [5.41, 5.74) is 1.08. The number of carbonyl (C=O) groups excluding carboxylic acids is 1. The molecule has 3 aromatic carbocycles. The number of hydrogen-bond donors (Lipinski definition) is 2. The summed E-state index contributed by atoms with van der Waals surface area (Å²) in [6.07, 6.45) is 5.56. The van der Waals surface area contributed by atoms with Crippen molar-refractivity contribution in [1.82, 2.24) is 20.1 Å². The molecule has 3 atom stereocenters. The molecule has 236 valence electrons. The molecule has 0 aliphatic carbocycles. The van der Waals surface area contributed by atoms with Crippen LogP contribution >= 0.6 is 0 Å². The number of aromatic nitrogens is 1. The van der Waals surface area contributed by atoms with E-state index in [1.807, 2.05) is 47.9 Å². The number of hydrogen-bond acceptors (Lipinski definition) is 6. The van der Waals surface area contributed by atoms with Gasteiger partial charge in [-0.2, -0.15) is 0 Å².